The maximum atomic E-state index is 12.8. The van der Waals surface area contributed by atoms with Gasteiger partial charge in [0.25, 0.3) is 15.9 Å². The average Bonchev–Trinajstić information content (AvgIpc) is 3.06. The van der Waals surface area contributed by atoms with Gasteiger partial charge in [0.05, 0.1) is 13.3 Å². The monoisotopic (exact) mass is 422 g/mol. The third-order valence-corrected chi connectivity index (χ3v) is 5.25. The first-order valence-electron chi connectivity index (χ1n) is 7.28. The Morgan fingerprint density at radius 3 is 2.72 bits per heavy atom. The zero-order chi connectivity index (χ0) is 17.9. The summed E-state index contributed by atoms with van der Waals surface area (Å²) in [4.78, 5) is 11.1. The number of aromatic amines is 1. The number of rotatable bonds is 6. The molecule has 0 saturated carbocycles. The molecular weight excluding hydrogens is 408 g/mol. The average molecular weight is 423 g/mol. The summed E-state index contributed by atoms with van der Waals surface area (Å²) >= 11 is 3.17. The van der Waals surface area contributed by atoms with Gasteiger partial charge in [0.2, 0.25) is 5.82 Å². The molecule has 7 nitrogen and oxygen atoms in total. The molecule has 0 spiro atoms. The molecule has 0 unspecified atom stereocenters. The fraction of sp³-hybridized carbons (Fsp3) is 0.125. The van der Waals surface area contributed by atoms with Crippen molar-refractivity contribution < 1.29 is 13.2 Å². The van der Waals surface area contributed by atoms with E-state index >= 15 is 0 Å². The summed E-state index contributed by atoms with van der Waals surface area (Å²) in [6.07, 6.45) is 5.00. The van der Waals surface area contributed by atoms with Crippen LogP contribution in [0.5, 0.6) is 5.88 Å². The van der Waals surface area contributed by atoms with E-state index in [4.69, 9.17) is 4.74 Å². The summed E-state index contributed by atoms with van der Waals surface area (Å²) in [5.74, 6) is 0.107. The highest BCUT2D eigenvalue weighted by Gasteiger charge is 2.22. The highest BCUT2D eigenvalue weighted by Crippen LogP contribution is 2.26. The number of hydrogen-bond acceptors (Lipinski definition) is 5. The largest absolute Gasteiger partial charge is 0.478 e. The Hall–Kier alpha value is -2.39. The van der Waals surface area contributed by atoms with E-state index < -0.39 is 10.0 Å². The van der Waals surface area contributed by atoms with Crippen LogP contribution in [0.4, 0.5) is 5.82 Å². The van der Waals surface area contributed by atoms with Crippen molar-refractivity contribution in [3.05, 3.63) is 64.7 Å². The van der Waals surface area contributed by atoms with E-state index in [1.807, 2.05) is 30.3 Å². The number of anilines is 1. The van der Waals surface area contributed by atoms with E-state index in [-0.39, 0.29) is 16.6 Å². The lowest BCUT2D eigenvalue weighted by Gasteiger charge is -2.10. The van der Waals surface area contributed by atoms with E-state index in [0.717, 1.165) is 5.56 Å². The van der Waals surface area contributed by atoms with Crippen LogP contribution in [-0.4, -0.2) is 30.5 Å². The summed E-state index contributed by atoms with van der Waals surface area (Å²) in [5, 5.41) is 0. The molecule has 130 valence electrons. The predicted octanol–water partition coefficient (Wildman–Crippen LogP) is 2.97. The molecule has 0 aliphatic carbocycles. The van der Waals surface area contributed by atoms with Crippen LogP contribution in [0, 0.1) is 0 Å². The smallest absolute Gasteiger partial charge is 0.264 e. The Labute approximate surface area is 153 Å². The van der Waals surface area contributed by atoms with E-state index in [1.54, 1.807) is 6.20 Å². The van der Waals surface area contributed by atoms with Crippen LogP contribution in [-0.2, 0) is 16.4 Å². The quantitative estimate of drug-likeness (QED) is 0.636. The molecule has 2 N–H and O–H groups in total. The third kappa shape index (κ3) is 3.99. The topological polar surface area (TPSA) is 97.0 Å². The number of benzene rings is 1. The molecule has 0 bridgehead atoms. The second kappa shape index (κ2) is 7.24. The van der Waals surface area contributed by atoms with Gasteiger partial charge in [-0.2, -0.15) is 0 Å². The van der Waals surface area contributed by atoms with Crippen LogP contribution < -0.4 is 9.46 Å². The van der Waals surface area contributed by atoms with Gasteiger partial charge in [-0.05, 0) is 27.1 Å². The number of aromatic nitrogens is 3. The summed E-state index contributed by atoms with van der Waals surface area (Å²) in [5.41, 5.74) is 1.67. The second-order valence-electron chi connectivity index (χ2n) is 5.16. The van der Waals surface area contributed by atoms with Gasteiger partial charge in [0.15, 0.2) is 0 Å². The van der Waals surface area contributed by atoms with Crippen LogP contribution in [0.3, 0.4) is 0 Å². The highest BCUT2D eigenvalue weighted by molar-refractivity contribution is 9.10. The molecule has 0 saturated heterocycles. The van der Waals surface area contributed by atoms with Crippen molar-refractivity contribution in [3.63, 3.8) is 0 Å². The molecule has 2 heterocycles. The molecule has 3 rings (SSSR count). The van der Waals surface area contributed by atoms with Crippen molar-refractivity contribution >= 4 is 31.8 Å². The van der Waals surface area contributed by atoms with Crippen molar-refractivity contribution in [3.8, 4) is 5.88 Å². The summed E-state index contributed by atoms with van der Waals surface area (Å²) in [6, 6.07) is 9.63. The van der Waals surface area contributed by atoms with Gasteiger partial charge < -0.3 is 9.72 Å². The van der Waals surface area contributed by atoms with E-state index in [0.29, 0.717) is 16.6 Å². The second-order valence-corrected chi connectivity index (χ2v) is 7.63. The lowest BCUT2D eigenvalue weighted by molar-refractivity contribution is 0.397. The summed E-state index contributed by atoms with van der Waals surface area (Å²) in [6.45, 7) is 0. The standard InChI is InChI=1S/C16H15BrN4O3S/c1-24-16-15(19-10-14(17)20-16)21-25(22,23)13-9-18-8-12(13)7-11-5-3-2-4-6-11/h2-6,8-10,18H,7H2,1H3,(H,19,21). The van der Waals surface area contributed by atoms with Crippen molar-refractivity contribution in [1.82, 2.24) is 15.0 Å². The lowest BCUT2D eigenvalue weighted by Crippen LogP contribution is -2.16. The minimum Gasteiger partial charge on any atom is -0.478 e. The first-order chi connectivity index (χ1) is 12.0. The molecule has 0 radical (unpaired) electrons. The SMILES string of the molecule is COc1nc(Br)cnc1NS(=O)(=O)c1c[nH]cc1Cc1ccccc1. The number of methoxy groups -OCH3 is 1. The Kier molecular flexibility index (Phi) is 5.05. The van der Waals surface area contributed by atoms with E-state index in [9.17, 15) is 8.42 Å². The number of nitrogens with zero attached hydrogens (tertiary/aromatic N) is 2. The van der Waals surface area contributed by atoms with Crippen molar-refractivity contribution in [2.45, 2.75) is 11.3 Å². The van der Waals surface area contributed by atoms with Gasteiger partial charge in [-0.25, -0.2) is 18.4 Å². The Morgan fingerprint density at radius 1 is 1.24 bits per heavy atom. The number of sulfonamides is 1. The van der Waals surface area contributed by atoms with Crippen LogP contribution in [0.1, 0.15) is 11.1 Å². The van der Waals surface area contributed by atoms with Crippen LogP contribution >= 0.6 is 15.9 Å². The van der Waals surface area contributed by atoms with Crippen LogP contribution in [0.25, 0.3) is 0 Å². The van der Waals surface area contributed by atoms with E-state index in [2.05, 4.69) is 35.6 Å². The maximum Gasteiger partial charge on any atom is 0.264 e. The number of halogens is 1. The molecule has 1 aromatic carbocycles. The molecule has 0 aliphatic heterocycles. The number of ether oxygens (including phenoxy) is 1. The molecular formula is C16H15BrN4O3S. The van der Waals surface area contributed by atoms with E-state index in [1.165, 1.54) is 19.5 Å². The highest BCUT2D eigenvalue weighted by atomic mass is 79.9. The molecule has 2 aromatic heterocycles. The fourth-order valence-electron chi connectivity index (χ4n) is 2.33. The normalized spacial score (nSPS) is 11.3. The molecule has 0 amide bonds. The van der Waals surface area contributed by atoms with Crippen molar-refractivity contribution in [1.29, 1.82) is 0 Å². The summed E-state index contributed by atoms with van der Waals surface area (Å²) in [7, 11) is -2.45. The number of nitrogens with one attached hydrogen (secondary N) is 2. The molecule has 0 aliphatic rings. The summed E-state index contributed by atoms with van der Waals surface area (Å²) < 4.78 is 33.5. The predicted molar refractivity (Wildman–Crippen MR) is 97.1 cm³/mol. The first kappa shape index (κ1) is 17.4. The van der Waals surface area contributed by atoms with Gasteiger partial charge in [-0.15, -0.1) is 0 Å². The van der Waals surface area contributed by atoms with Crippen molar-refractivity contribution in [2.24, 2.45) is 0 Å². The van der Waals surface area contributed by atoms with Gasteiger partial charge >= 0.3 is 0 Å². The number of hydrogen-bond donors (Lipinski definition) is 2. The van der Waals surface area contributed by atoms with Gasteiger partial charge in [0.1, 0.15) is 9.50 Å². The zero-order valence-corrected chi connectivity index (χ0v) is 15.6. The Morgan fingerprint density at radius 2 is 2.00 bits per heavy atom. The maximum absolute atomic E-state index is 12.8. The molecule has 0 atom stereocenters. The van der Waals surface area contributed by atoms with Gasteiger partial charge in [0, 0.05) is 18.8 Å². The molecule has 9 heteroatoms. The Balaban J connectivity index is 1.90. The van der Waals surface area contributed by atoms with Gasteiger partial charge in [-0.1, -0.05) is 30.3 Å². The molecule has 0 fully saturated rings. The van der Waals surface area contributed by atoms with Crippen molar-refractivity contribution in [2.75, 3.05) is 11.8 Å². The van der Waals surface area contributed by atoms with Gasteiger partial charge in [-0.3, -0.25) is 4.72 Å². The fourth-order valence-corrected chi connectivity index (χ4v) is 3.80. The zero-order valence-electron chi connectivity index (χ0n) is 13.2. The first-order valence-corrected chi connectivity index (χ1v) is 9.56. The third-order valence-electron chi connectivity index (χ3n) is 3.45. The van der Waals surface area contributed by atoms with Crippen LogP contribution in [0.2, 0.25) is 0 Å². The minimum absolute atomic E-state index is 0.0255. The number of H-pyrrole nitrogens is 1. The molecule has 3 aromatic rings. The van der Waals surface area contributed by atoms with Crippen LogP contribution in [0.15, 0.2) is 58.4 Å². The molecule has 25 heavy (non-hydrogen) atoms. The minimum atomic E-state index is -3.85. The Bertz CT molecular complexity index is 974. The lowest BCUT2D eigenvalue weighted by atomic mass is 10.1.